The molecule has 1 aromatic rings. The molecule has 1 aliphatic heterocycles. The molecule has 0 radical (unpaired) electrons. The molecular formula is C14H21N3O4. The average molecular weight is 295 g/mol. The van der Waals surface area contributed by atoms with Gasteiger partial charge in [-0.2, -0.15) is 0 Å². The predicted molar refractivity (Wildman–Crippen MR) is 75.2 cm³/mol. The van der Waals surface area contributed by atoms with Crippen LogP contribution in [-0.4, -0.2) is 38.7 Å². The summed E-state index contributed by atoms with van der Waals surface area (Å²) in [7, 11) is 0. The van der Waals surface area contributed by atoms with Crippen molar-refractivity contribution < 1.29 is 19.4 Å². The van der Waals surface area contributed by atoms with E-state index in [-0.39, 0.29) is 5.82 Å². The van der Waals surface area contributed by atoms with Crippen LogP contribution in [0.5, 0.6) is 0 Å². The molecule has 2 N–H and O–H groups in total. The second-order valence-electron chi connectivity index (χ2n) is 5.99. The van der Waals surface area contributed by atoms with E-state index in [1.807, 2.05) is 6.92 Å². The van der Waals surface area contributed by atoms with Crippen molar-refractivity contribution in [1.82, 2.24) is 14.9 Å². The number of aromatic carboxylic acids is 1. The number of carboxylic acid groups (broad SMARTS) is 1. The summed E-state index contributed by atoms with van der Waals surface area (Å²) >= 11 is 0. The third-order valence-electron chi connectivity index (χ3n) is 3.24. The highest BCUT2D eigenvalue weighted by atomic mass is 16.6. The summed E-state index contributed by atoms with van der Waals surface area (Å²) in [4.78, 5) is 27.7. The predicted octanol–water partition coefficient (Wildman–Crippen LogP) is 1.13. The summed E-state index contributed by atoms with van der Waals surface area (Å²) in [6, 6.07) is -0.709. The molecule has 116 valence electrons. The molecule has 21 heavy (non-hydrogen) atoms. The zero-order chi connectivity index (χ0) is 15.8. The number of rotatable bonds is 3. The largest absolute Gasteiger partial charge is 0.475 e. The summed E-state index contributed by atoms with van der Waals surface area (Å²) in [5, 5.41) is 12.3. The van der Waals surface area contributed by atoms with E-state index in [2.05, 4.69) is 10.3 Å². The van der Waals surface area contributed by atoms with Crippen LogP contribution in [0.4, 0.5) is 0 Å². The lowest BCUT2D eigenvalue weighted by Crippen LogP contribution is -2.39. The molecule has 0 aromatic carbocycles. The van der Waals surface area contributed by atoms with E-state index in [0.717, 1.165) is 5.69 Å². The van der Waals surface area contributed by atoms with Gasteiger partial charge in [-0.15, -0.1) is 0 Å². The molecule has 0 bridgehead atoms. The molecule has 2 heterocycles. The number of imidazole rings is 1. The van der Waals surface area contributed by atoms with Crippen LogP contribution in [0.2, 0.25) is 0 Å². The lowest BCUT2D eigenvalue weighted by atomic mass is 10.0. The minimum Gasteiger partial charge on any atom is -0.475 e. The molecule has 1 atom stereocenters. The number of carboxylic acids is 1. The molecule has 1 aliphatic rings. The Bertz CT molecular complexity index is 572. The monoisotopic (exact) mass is 295 g/mol. The second-order valence-corrected chi connectivity index (χ2v) is 5.99. The summed E-state index contributed by atoms with van der Waals surface area (Å²) in [6.07, 6.45) is 0.642. The minimum absolute atomic E-state index is 0.0280. The Morgan fingerprint density at radius 2 is 2.14 bits per heavy atom. The maximum Gasteiger partial charge on any atom is 0.372 e. The van der Waals surface area contributed by atoms with E-state index in [4.69, 9.17) is 4.74 Å². The van der Waals surface area contributed by atoms with E-state index < -0.39 is 23.6 Å². The van der Waals surface area contributed by atoms with Gasteiger partial charge in [0, 0.05) is 25.2 Å². The smallest absolute Gasteiger partial charge is 0.372 e. The van der Waals surface area contributed by atoms with Crippen LogP contribution in [-0.2, 0) is 22.5 Å². The fourth-order valence-electron chi connectivity index (χ4n) is 2.49. The highest BCUT2D eigenvalue weighted by molar-refractivity contribution is 5.85. The van der Waals surface area contributed by atoms with Gasteiger partial charge in [0.15, 0.2) is 6.04 Å². The van der Waals surface area contributed by atoms with Crippen LogP contribution in [0.1, 0.15) is 55.7 Å². The molecule has 0 fully saturated rings. The SMILES string of the molecule is CCn1c(C(=O)O)nc2c1CCNC2C(=O)OC(C)(C)C. The Morgan fingerprint density at radius 1 is 1.48 bits per heavy atom. The van der Waals surface area contributed by atoms with Gasteiger partial charge in [0.05, 0.1) is 5.69 Å². The van der Waals surface area contributed by atoms with Gasteiger partial charge in [-0.1, -0.05) is 0 Å². The Balaban J connectivity index is 2.40. The van der Waals surface area contributed by atoms with E-state index in [1.165, 1.54) is 0 Å². The maximum absolute atomic E-state index is 12.3. The number of carbonyl (C=O) groups is 2. The van der Waals surface area contributed by atoms with Crippen molar-refractivity contribution in [3.05, 3.63) is 17.2 Å². The molecule has 0 saturated carbocycles. The van der Waals surface area contributed by atoms with Crippen molar-refractivity contribution in [2.24, 2.45) is 0 Å². The zero-order valence-electron chi connectivity index (χ0n) is 12.8. The van der Waals surface area contributed by atoms with E-state index >= 15 is 0 Å². The first kappa shape index (κ1) is 15.5. The quantitative estimate of drug-likeness (QED) is 0.812. The van der Waals surface area contributed by atoms with Gasteiger partial charge in [-0.25, -0.2) is 14.6 Å². The van der Waals surface area contributed by atoms with Crippen LogP contribution in [0.25, 0.3) is 0 Å². The molecule has 0 saturated heterocycles. The summed E-state index contributed by atoms with van der Waals surface area (Å²) in [6.45, 7) is 8.33. The van der Waals surface area contributed by atoms with Crippen LogP contribution in [0, 0.1) is 0 Å². The van der Waals surface area contributed by atoms with Gasteiger partial charge in [0.25, 0.3) is 0 Å². The van der Waals surface area contributed by atoms with Crippen molar-refractivity contribution in [2.75, 3.05) is 6.54 Å². The average Bonchev–Trinajstić information content (AvgIpc) is 2.74. The number of fused-ring (bicyclic) bond motifs is 1. The summed E-state index contributed by atoms with van der Waals surface area (Å²) in [5.74, 6) is -1.55. The number of carbonyl (C=O) groups excluding carboxylic acids is 1. The van der Waals surface area contributed by atoms with Crippen LogP contribution in [0.3, 0.4) is 0 Å². The number of nitrogens with one attached hydrogen (secondary N) is 1. The van der Waals surface area contributed by atoms with Crippen molar-refractivity contribution in [3.63, 3.8) is 0 Å². The van der Waals surface area contributed by atoms with Gasteiger partial charge in [-0.05, 0) is 27.7 Å². The Morgan fingerprint density at radius 3 is 2.67 bits per heavy atom. The standard InChI is InChI=1S/C14H21N3O4/c1-5-17-8-6-7-15-10(13(20)21-14(2,3)4)9(8)16-11(17)12(18)19/h10,15H,5-7H2,1-4H3,(H,18,19). The van der Waals surface area contributed by atoms with Gasteiger partial charge in [0.2, 0.25) is 5.82 Å². The minimum atomic E-state index is -1.09. The number of esters is 1. The van der Waals surface area contributed by atoms with Crippen molar-refractivity contribution in [3.8, 4) is 0 Å². The van der Waals surface area contributed by atoms with Gasteiger partial charge >= 0.3 is 11.9 Å². The molecule has 0 aliphatic carbocycles. The van der Waals surface area contributed by atoms with Crippen LogP contribution >= 0.6 is 0 Å². The molecule has 0 amide bonds. The Hall–Kier alpha value is -1.89. The third-order valence-corrected chi connectivity index (χ3v) is 3.24. The van der Waals surface area contributed by atoms with Crippen molar-refractivity contribution in [2.45, 2.75) is 52.3 Å². The fourth-order valence-corrected chi connectivity index (χ4v) is 2.49. The number of ether oxygens (including phenoxy) is 1. The molecule has 2 rings (SSSR count). The molecule has 1 unspecified atom stereocenters. The lowest BCUT2D eigenvalue weighted by molar-refractivity contribution is -0.158. The second kappa shape index (κ2) is 5.48. The molecule has 1 aromatic heterocycles. The Labute approximate surface area is 123 Å². The highest BCUT2D eigenvalue weighted by Gasteiger charge is 2.35. The maximum atomic E-state index is 12.3. The summed E-state index contributed by atoms with van der Waals surface area (Å²) < 4.78 is 7.03. The first-order valence-corrected chi connectivity index (χ1v) is 7.03. The number of aromatic nitrogens is 2. The lowest BCUT2D eigenvalue weighted by Gasteiger charge is -2.27. The van der Waals surface area contributed by atoms with E-state index in [9.17, 15) is 14.7 Å². The van der Waals surface area contributed by atoms with Crippen molar-refractivity contribution >= 4 is 11.9 Å². The Kier molecular flexibility index (Phi) is 4.04. The first-order chi connectivity index (χ1) is 9.74. The fraction of sp³-hybridized carbons (Fsp3) is 0.643. The molecule has 7 nitrogen and oxygen atoms in total. The number of hydrogen-bond acceptors (Lipinski definition) is 5. The third kappa shape index (κ3) is 3.07. The number of hydrogen-bond donors (Lipinski definition) is 2. The summed E-state index contributed by atoms with van der Waals surface area (Å²) in [5.41, 5.74) is 0.665. The van der Waals surface area contributed by atoms with E-state index in [0.29, 0.717) is 25.2 Å². The van der Waals surface area contributed by atoms with Gasteiger partial charge in [0.1, 0.15) is 5.60 Å². The van der Waals surface area contributed by atoms with E-state index in [1.54, 1.807) is 25.3 Å². The van der Waals surface area contributed by atoms with Crippen LogP contribution in [0.15, 0.2) is 0 Å². The molecule has 0 spiro atoms. The topological polar surface area (TPSA) is 93.5 Å². The van der Waals surface area contributed by atoms with Crippen molar-refractivity contribution in [1.29, 1.82) is 0 Å². The zero-order valence-corrected chi connectivity index (χ0v) is 12.8. The van der Waals surface area contributed by atoms with Gasteiger partial charge < -0.3 is 14.4 Å². The first-order valence-electron chi connectivity index (χ1n) is 7.03. The normalized spacial score (nSPS) is 18.2. The van der Waals surface area contributed by atoms with Gasteiger partial charge in [-0.3, -0.25) is 5.32 Å². The molecular weight excluding hydrogens is 274 g/mol. The number of nitrogens with zero attached hydrogens (tertiary/aromatic N) is 2. The van der Waals surface area contributed by atoms with Crippen LogP contribution < -0.4 is 5.32 Å². The molecule has 7 heteroatoms. The highest BCUT2D eigenvalue weighted by Crippen LogP contribution is 2.26.